The number of aromatic nitrogens is 3. The molecule has 3 rings (SSSR count). The van der Waals surface area contributed by atoms with Crippen LogP contribution in [0.4, 0.5) is 0 Å². The summed E-state index contributed by atoms with van der Waals surface area (Å²) in [5.74, 6) is 0.977. The van der Waals surface area contributed by atoms with Crippen LogP contribution < -0.4 is 10.1 Å². The summed E-state index contributed by atoms with van der Waals surface area (Å²) in [6, 6.07) is 7.28. The van der Waals surface area contributed by atoms with Crippen LogP contribution in [0.15, 0.2) is 39.6 Å². The van der Waals surface area contributed by atoms with Crippen LogP contribution in [0.1, 0.15) is 24.3 Å². The standard InChI is InChI=1S/C16H16N4O4/c1-3-17-15(21)13-12(9-23-19-13)14-18-16(24-20-14)10-5-7-11(8-6-10)22-4-2/h5-9H,3-4H2,1-2H3,(H,17,21). The topological polar surface area (TPSA) is 103 Å². The summed E-state index contributed by atoms with van der Waals surface area (Å²) >= 11 is 0. The molecule has 0 saturated heterocycles. The lowest BCUT2D eigenvalue weighted by molar-refractivity contribution is 0.0947. The Morgan fingerprint density at radius 1 is 1.21 bits per heavy atom. The zero-order valence-corrected chi connectivity index (χ0v) is 13.3. The molecule has 0 radical (unpaired) electrons. The van der Waals surface area contributed by atoms with Gasteiger partial charge in [0, 0.05) is 12.1 Å². The average molecular weight is 328 g/mol. The number of carbonyl (C=O) groups excluding carboxylic acids is 1. The number of nitrogens with zero attached hydrogens (tertiary/aromatic N) is 3. The minimum Gasteiger partial charge on any atom is -0.494 e. The van der Waals surface area contributed by atoms with Crippen molar-refractivity contribution in [2.45, 2.75) is 13.8 Å². The highest BCUT2D eigenvalue weighted by Gasteiger charge is 2.21. The highest BCUT2D eigenvalue weighted by atomic mass is 16.5. The molecule has 0 aliphatic carbocycles. The first-order valence-corrected chi connectivity index (χ1v) is 7.52. The summed E-state index contributed by atoms with van der Waals surface area (Å²) in [5, 5.41) is 10.3. The second-order valence-corrected chi connectivity index (χ2v) is 4.82. The Hall–Kier alpha value is -3.16. The number of benzene rings is 1. The van der Waals surface area contributed by atoms with E-state index < -0.39 is 0 Å². The maximum Gasteiger partial charge on any atom is 0.274 e. The zero-order chi connectivity index (χ0) is 16.9. The van der Waals surface area contributed by atoms with Gasteiger partial charge in [0.1, 0.15) is 12.0 Å². The largest absolute Gasteiger partial charge is 0.494 e. The fraction of sp³-hybridized carbons (Fsp3) is 0.250. The molecule has 1 N–H and O–H groups in total. The summed E-state index contributed by atoms with van der Waals surface area (Å²) in [6.07, 6.45) is 1.32. The van der Waals surface area contributed by atoms with E-state index in [1.165, 1.54) is 6.26 Å². The molecule has 124 valence electrons. The van der Waals surface area contributed by atoms with E-state index in [9.17, 15) is 4.79 Å². The smallest absolute Gasteiger partial charge is 0.274 e. The van der Waals surface area contributed by atoms with Gasteiger partial charge >= 0.3 is 0 Å². The van der Waals surface area contributed by atoms with Gasteiger partial charge in [0.05, 0.1) is 12.2 Å². The first-order valence-electron chi connectivity index (χ1n) is 7.52. The van der Waals surface area contributed by atoms with E-state index in [0.29, 0.717) is 24.6 Å². The molecule has 0 fully saturated rings. The minimum absolute atomic E-state index is 0.121. The van der Waals surface area contributed by atoms with E-state index in [1.807, 2.05) is 38.1 Å². The first kappa shape index (κ1) is 15.7. The molecule has 24 heavy (non-hydrogen) atoms. The minimum atomic E-state index is -0.353. The molecule has 2 aromatic heterocycles. The van der Waals surface area contributed by atoms with Crippen LogP contribution in [0.5, 0.6) is 5.75 Å². The van der Waals surface area contributed by atoms with Crippen LogP contribution in [0.25, 0.3) is 22.8 Å². The number of hydrogen-bond acceptors (Lipinski definition) is 7. The van der Waals surface area contributed by atoms with E-state index >= 15 is 0 Å². The quantitative estimate of drug-likeness (QED) is 0.741. The van der Waals surface area contributed by atoms with Crippen LogP contribution in [-0.2, 0) is 0 Å². The second-order valence-electron chi connectivity index (χ2n) is 4.82. The molecule has 0 saturated carbocycles. The SMILES string of the molecule is CCNC(=O)c1nocc1-c1noc(-c2ccc(OCC)cc2)n1. The summed E-state index contributed by atoms with van der Waals surface area (Å²) in [4.78, 5) is 16.2. The van der Waals surface area contributed by atoms with Crippen molar-refractivity contribution in [3.05, 3.63) is 36.2 Å². The summed E-state index contributed by atoms with van der Waals surface area (Å²) < 4.78 is 15.5. The summed E-state index contributed by atoms with van der Waals surface area (Å²) in [5.41, 5.74) is 1.24. The summed E-state index contributed by atoms with van der Waals surface area (Å²) in [6.45, 7) is 4.81. The van der Waals surface area contributed by atoms with Gasteiger partial charge < -0.3 is 19.1 Å². The van der Waals surface area contributed by atoms with E-state index in [0.717, 1.165) is 11.3 Å². The van der Waals surface area contributed by atoms with Crippen LogP contribution >= 0.6 is 0 Å². The molecular weight excluding hydrogens is 312 g/mol. The lowest BCUT2D eigenvalue weighted by Gasteiger charge is -2.02. The van der Waals surface area contributed by atoms with Gasteiger partial charge in [-0.05, 0) is 38.1 Å². The normalized spacial score (nSPS) is 10.6. The van der Waals surface area contributed by atoms with Crippen molar-refractivity contribution in [3.63, 3.8) is 0 Å². The molecule has 2 heterocycles. The number of rotatable bonds is 6. The van der Waals surface area contributed by atoms with Crippen LogP contribution in [-0.4, -0.2) is 34.4 Å². The van der Waals surface area contributed by atoms with Crippen molar-refractivity contribution >= 4 is 5.91 Å². The monoisotopic (exact) mass is 328 g/mol. The molecule has 1 aromatic carbocycles. The van der Waals surface area contributed by atoms with Crippen molar-refractivity contribution in [3.8, 4) is 28.6 Å². The van der Waals surface area contributed by atoms with Gasteiger partial charge in [0.2, 0.25) is 5.82 Å². The third-order valence-electron chi connectivity index (χ3n) is 3.20. The molecular formula is C16H16N4O4. The maximum absolute atomic E-state index is 11.9. The molecule has 3 aromatic rings. The van der Waals surface area contributed by atoms with Crippen molar-refractivity contribution in [1.82, 2.24) is 20.6 Å². The van der Waals surface area contributed by atoms with Gasteiger partial charge in [0.25, 0.3) is 11.8 Å². The van der Waals surface area contributed by atoms with Gasteiger partial charge in [-0.2, -0.15) is 4.98 Å². The third-order valence-corrected chi connectivity index (χ3v) is 3.20. The molecule has 0 atom stereocenters. The molecule has 8 heteroatoms. The number of hydrogen-bond donors (Lipinski definition) is 1. The Labute approximate surface area is 137 Å². The third kappa shape index (κ3) is 3.12. The van der Waals surface area contributed by atoms with Gasteiger partial charge in [0.15, 0.2) is 5.69 Å². The Balaban J connectivity index is 1.86. The van der Waals surface area contributed by atoms with Gasteiger partial charge in [-0.3, -0.25) is 4.79 Å². The Morgan fingerprint density at radius 3 is 2.71 bits per heavy atom. The van der Waals surface area contributed by atoms with Gasteiger partial charge in [-0.25, -0.2) is 0 Å². The maximum atomic E-state index is 11.9. The Kier molecular flexibility index (Phi) is 4.55. The molecule has 1 amide bonds. The lowest BCUT2D eigenvalue weighted by Crippen LogP contribution is -2.23. The fourth-order valence-corrected chi connectivity index (χ4v) is 2.11. The van der Waals surface area contributed by atoms with E-state index in [-0.39, 0.29) is 17.4 Å². The molecule has 0 spiro atoms. The van der Waals surface area contributed by atoms with E-state index in [1.54, 1.807) is 0 Å². The second kappa shape index (κ2) is 6.95. The predicted molar refractivity (Wildman–Crippen MR) is 84.4 cm³/mol. The van der Waals surface area contributed by atoms with Crippen molar-refractivity contribution in [2.75, 3.05) is 13.2 Å². The predicted octanol–water partition coefficient (Wildman–Crippen LogP) is 2.54. The fourth-order valence-electron chi connectivity index (χ4n) is 2.11. The van der Waals surface area contributed by atoms with E-state index in [2.05, 4.69) is 20.6 Å². The van der Waals surface area contributed by atoms with Crippen LogP contribution in [0, 0.1) is 0 Å². The average Bonchev–Trinajstić information content (AvgIpc) is 3.25. The molecule has 8 nitrogen and oxygen atoms in total. The van der Waals surface area contributed by atoms with Crippen molar-refractivity contribution in [1.29, 1.82) is 0 Å². The van der Waals surface area contributed by atoms with Crippen molar-refractivity contribution in [2.24, 2.45) is 0 Å². The number of amides is 1. The first-order chi connectivity index (χ1) is 11.7. The molecule has 0 aliphatic heterocycles. The van der Waals surface area contributed by atoms with Crippen molar-refractivity contribution < 1.29 is 18.6 Å². The lowest BCUT2D eigenvalue weighted by atomic mass is 10.2. The van der Waals surface area contributed by atoms with Crippen LogP contribution in [0.2, 0.25) is 0 Å². The zero-order valence-electron chi connectivity index (χ0n) is 13.3. The van der Waals surface area contributed by atoms with Gasteiger partial charge in [-0.1, -0.05) is 10.3 Å². The Bertz CT molecular complexity index is 823. The van der Waals surface area contributed by atoms with Gasteiger partial charge in [-0.15, -0.1) is 0 Å². The molecule has 0 unspecified atom stereocenters. The Morgan fingerprint density at radius 2 is 2.00 bits per heavy atom. The summed E-state index contributed by atoms with van der Waals surface area (Å²) in [7, 11) is 0. The number of ether oxygens (including phenoxy) is 1. The highest BCUT2D eigenvalue weighted by Crippen LogP contribution is 2.25. The molecule has 0 bridgehead atoms. The van der Waals surface area contributed by atoms with Crippen LogP contribution in [0.3, 0.4) is 0 Å². The van der Waals surface area contributed by atoms with E-state index in [4.69, 9.17) is 13.8 Å². The highest BCUT2D eigenvalue weighted by molar-refractivity contribution is 5.97. The number of carbonyl (C=O) groups is 1. The molecule has 0 aliphatic rings. The number of nitrogens with one attached hydrogen (secondary N) is 1.